The quantitative estimate of drug-likeness (QED) is 0.117. The van der Waals surface area contributed by atoms with Crippen molar-refractivity contribution < 1.29 is 4.79 Å². The second kappa shape index (κ2) is 20.7. The molecule has 0 saturated heterocycles. The van der Waals surface area contributed by atoms with Gasteiger partial charge < -0.3 is 19.7 Å². The summed E-state index contributed by atoms with van der Waals surface area (Å²) in [5, 5.41) is 7.78. The van der Waals surface area contributed by atoms with Gasteiger partial charge in [-0.1, -0.05) is 189 Å². The van der Waals surface area contributed by atoms with E-state index in [0.717, 1.165) is 73.3 Å². The third-order valence-electron chi connectivity index (χ3n) is 14.8. The van der Waals surface area contributed by atoms with Crippen molar-refractivity contribution in [1.29, 1.82) is 0 Å². The predicted octanol–water partition coefficient (Wildman–Crippen LogP) is 19.7. The highest BCUT2D eigenvalue weighted by molar-refractivity contribution is 6.09. The van der Waals surface area contributed by atoms with Crippen LogP contribution < -0.4 is 15.1 Å². The largest absolute Gasteiger partial charge is 0.323 e. The summed E-state index contributed by atoms with van der Waals surface area (Å²) in [7, 11) is 0. The molecule has 0 unspecified atom stereocenters. The van der Waals surface area contributed by atoms with Crippen LogP contribution in [0.5, 0.6) is 0 Å². The van der Waals surface area contributed by atoms with E-state index in [2.05, 4.69) is 293 Å². The van der Waals surface area contributed by atoms with Gasteiger partial charge in [0.15, 0.2) is 0 Å². The van der Waals surface area contributed by atoms with Crippen LogP contribution in [0.3, 0.4) is 0 Å². The highest BCUT2D eigenvalue weighted by Crippen LogP contribution is 2.41. The summed E-state index contributed by atoms with van der Waals surface area (Å²) in [6.07, 6.45) is 1.27. The minimum absolute atomic E-state index is 0.234. The molecule has 0 atom stereocenters. The van der Waals surface area contributed by atoms with Gasteiger partial charge in [0.25, 0.3) is 0 Å². The van der Waals surface area contributed by atoms with Crippen LogP contribution in [0.1, 0.15) is 0 Å². The van der Waals surface area contributed by atoms with E-state index in [9.17, 15) is 4.79 Å². The number of anilines is 7. The monoisotopic (exact) mass is 1000 g/mol. The van der Waals surface area contributed by atoms with Gasteiger partial charge in [0.1, 0.15) is 0 Å². The number of carbonyl (C=O) groups is 1. The van der Waals surface area contributed by atoms with Crippen molar-refractivity contribution in [3.63, 3.8) is 0 Å². The summed E-state index contributed by atoms with van der Waals surface area (Å²) in [5.74, 6) is -0.234. The molecule has 1 aromatic heterocycles. The number of benzene rings is 12. The molecule has 0 aliphatic carbocycles. The molecular weight excluding hydrogens is 949 g/mol. The number of hydrogen-bond donors (Lipinski definition) is 1. The van der Waals surface area contributed by atoms with Gasteiger partial charge in [0, 0.05) is 56.3 Å². The third-order valence-corrected chi connectivity index (χ3v) is 14.8. The fourth-order valence-corrected chi connectivity index (χ4v) is 10.9. The normalized spacial score (nSPS) is 11.2. The summed E-state index contributed by atoms with van der Waals surface area (Å²) in [5.41, 5.74) is 19.6. The lowest BCUT2D eigenvalue weighted by molar-refractivity contribution is -0.111. The van der Waals surface area contributed by atoms with Crippen LogP contribution in [0.2, 0.25) is 0 Å². The first-order chi connectivity index (χ1) is 38.5. The summed E-state index contributed by atoms with van der Waals surface area (Å²) in [6, 6.07) is 104. The summed E-state index contributed by atoms with van der Waals surface area (Å²) < 4.78 is 2.36. The number of aromatic nitrogens is 1. The Bertz CT molecular complexity index is 4200. The number of nitrogens with zero attached hydrogens (tertiary/aromatic N) is 3. The van der Waals surface area contributed by atoms with Crippen LogP contribution >= 0.6 is 0 Å². The zero-order valence-electron chi connectivity index (χ0n) is 42.7. The number of hydrogen-bond acceptors (Lipinski definition) is 3. The maximum atomic E-state index is 11.9. The first kappa shape index (κ1) is 47.2. The van der Waals surface area contributed by atoms with Crippen molar-refractivity contribution in [2.24, 2.45) is 0 Å². The lowest BCUT2D eigenvalue weighted by Gasteiger charge is -2.27. The molecule has 1 heterocycles. The molecule has 78 heavy (non-hydrogen) atoms. The topological polar surface area (TPSA) is 40.5 Å². The van der Waals surface area contributed by atoms with Crippen molar-refractivity contribution in [3.05, 3.63) is 304 Å². The van der Waals surface area contributed by atoms with Crippen molar-refractivity contribution in [3.8, 4) is 50.2 Å². The van der Waals surface area contributed by atoms with Gasteiger partial charge in [0.2, 0.25) is 5.91 Å². The highest BCUT2D eigenvalue weighted by atomic mass is 16.1. The maximum absolute atomic E-state index is 11.9. The Hall–Kier alpha value is -10.5. The summed E-state index contributed by atoms with van der Waals surface area (Å²) in [6.45, 7) is 3.57. The second-order valence-corrected chi connectivity index (χ2v) is 19.5. The number of para-hydroxylation sites is 2. The molecule has 0 aliphatic rings. The molecule has 0 fully saturated rings. The molecule has 1 N–H and O–H groups in total. The van der Waals surface area contributed by atoms with Gasteiger partial charge in [-0.05, 0) is 171 Å². The van der Waals surface area contributed by atoms with Crippen LogP contribution in [0.25, 0.3) is 82.8 Å². The molecule has 0 aliphatic heterocycles. The maximum Gasteiger partial charge on any atom is 0.247 e. The first-order valence-corrected chi connectivity index (χ1v) is 26.3. The molecule has 0 radical (unpaired) electrons. The van der Waals surface area contributed by atoms with E-state index in [1.807, 2.05) is 24.3 Å². The number of carbonyl (C=O) groups excluding carboxylic acids is 1. The van der Waals surface area contributed by atoms with Crippen molar-refractivity contribution in [2.45, 2.75) is 0 Å². The van der Waals surface area contributed by atoms with Gasteiger partial charge in [0.05, 0.1) is 11.0 Å². The van der Waals surface area contributed by atoms with Gasteiger partial charge >= 0.3 is 0 Å². The standard InChI is InChI=1S/C73H52N4O/c1-2-73(78)74-59-35-23-52(24-36-59)54-27-39-60(40-28-54)75(64-45-33-58(34-46-64)68-20-12-16-57-15-6-7-17-67(57)68)61-41-29-55(30-42-61)56-31-43-63(44-32-56)76(62-37-25-53(26-38-62)51-13-4-3-5-14-51)65-47-49-66(50-48-65)77-71-21-10-8-18-69(71)70-19-9-11-22-72(70)77/h2-50H,1H2,(H,74,78). The number of nitrogens with one attached hydrogen (secondary N) is 1. The van der Waals surface area contributed by atoms with Crippen LogP contribution in [-0.2, 0) is 4.79 Å². The minimum atomic E-state index is -0.234. The molecule has 13 rings (SSSR count). The Kier molecular flexibility index (Phi) is 12.5. The average molecular weight is 1000 g/mol. The Labute approximate surface area is 454 Å². The Morgan fingerprint density at radius 1 is 0.333 bits per heavy atom. The van der Waals surface area contributed by atoms with Crippen molar-refractivity contribution >= 4 is 78.3 Å². The van der Waals surface area contributed by atoms with E-state index in [0.29, 0.717) is 0 Å². The molecule has 0 spiro atoms. The van der Waals surface area contributed by atoms with E-state index >= 15 is 0 Å². The lowest BCUT2D eigenvalue weighted by atomic mass is 9.98. The average Bonchev–Trinajstić information content (AvgIpc) is 3.89. The van der Waals surface area contributed by atoms with Crippen molar-refractivity contribution in [2.75, 3.05) is 15.1 Å². The number of fused-ring (bicyclic) bond motifs is 4. The SMILES string of the molecule is C=CC(=O)Nc1ccc(-c2ccc(N(c3ccc(-c4ccc(N(c5ccc(-c6ccccc6)cc5)c5ccc(-n6c7ccccc7c7ccccc76)cc5)cc4)cc3)c3ccc(-c4cccc5ccccc45)cc3)cc2)cc1. The Morgan fingerprint density at radius 2 is 0.679 bits per heavy atom. The molecule has 5 nitrogen and oxygen atoms in total. The van der Waals surface area contributed by atoms with E-state index in [1.54, 1.807) is 0 Å². The van der Waals surface area contributed by atoms with E-state index in [1.165, 1.54) is 55.3 Å². The zero-order valence-corrected chi connectivity index (χ0v) is 42.7. The minimum Gasteiger partial charge on any atom is -0.323 e. The Balaban J connectivity index is 0.825. The lowest BCUT2D eigenvalue weighted by Crippen LogP contribution is -2.10. The molecule has 0 bridgehead atoms. The van der Waals surface area contributed by atoms with E-state index in [-0.39, 0.29) is 5.91 Å². The third kappa shape index (κ3) is 9.16. The highest BCUT2D eigenvalue weighted by Gasteiger charge is 2.18. The number of amides is 1. The van der Waals surface area contributed by atoms with Crippen LogP contribution in [0.15, 0.2) is 304 Å². The second-order valence-electron chi connectivity index (χ2n) is 19.5. The van der Waals surface area contributed by atoms with Crippen LogP contribution in [-0.4, -0.2) is 10.5 Å². The van der Waals surface area contributed by atoms with Crippen LogP contribution in [0, 0.1) is 0 Å². The molecule has 1 amide bonds. The van der Waals surface area contributed by atoms with Crippen LogP contribution in [0.4, 0.5) is 39.8 Å². The number of rotatable bonds is 13. The van der Waals surface area contributed by atoms with E-state index in [4.69, 9.17) is 0 Å². The molecule has 0 saturated carbocycles. The smallest absolute Gasteiger partial charge is 0.247 e. The zero-order chi connectivity index (χ0) is 52.4. The Morgan fingerprint density at radius 3 is 1.13 bits per heavy atom. The van der Waals surface area contributed by atoms with Crippen molar-refractivity contribution in [1.82, 2.24) is 4.57 Å². The van der Waals surface area contributed by atoms with E-state index < -0.39 is 0 Å². The molecule has 370 valence electrons. The summed E-state index contributed by atoms with van der Waals surface area (Å²) >= 11 is 0. The molecular formula is C73H52N4O. The molecule has 13 aromatic rings. The van der Waals surface area contributed by atoms with Gasteiger partial charge in [-0.2, -0.15) is 0 Å². The van der Waals surface area contributed by atoms with Gasteiger partial charge in [-0.3, -0.25) is 4.79 Å². The fraction of sp³-hybridized carbons (Fsp3) is 0. The van der Waals surface area contributed by atoms with Gasteiger partial charge in [-0.25, -0.2) is 0 Å². The molecule has 5 heteroatoms. The first-order valence-electron chi connectivity index (χ1n) is 26.3. The summed E-state index contributed by atoms with van der Waals surface area (Å²) in [4.78, 5) is 16.6. The van der Waals surface area contributed by atoms with Gasteiger partial charge in [-0.15, -0.1) is 0 Å². The molecule has 12 aromatic carbocycles. The predicted molar refractivity (Wildman–Crippen MR) is 328 cm³/mol. The fourth-order valence-electron chi connectivity index (χ4n) is 10.9.